The molecule has 1 aromatic rings. The summed E-state index contributed by atoms with van der Waals surface area (Å²) < 4.78 is 11.3. The quantitative estimate of drug-likeness (QED) is 0.856. The maximum atomic E-state index is 11.8. The van der Waals surface area contributed by atoms with Gasteiger partial charge in [0.05, 0.1) is 14.2 Å². The average molecular weight is 342 g/mol. The van der Waals surface area contributed by atoms with Crippen LogP contribution >= 0.6 is 15.9 Å². The van der Waals surface area contributed by atoms with E-state index in [1.807, 2.05) is 13.0 Å². The molecule has 6 heteroatoms. The number of amides is 2. The summed E-state index contributed by atoms with van der Waals surface area (Å²) in [6, 6.07) is 3.60. The lowest BCUT2D eigenvalue weighted by Gasteiger charge is -2.29. The number of nitrogens with one attached hydrogen (secondary N) is 1. The molecule has 5 nitrogen and oxygen atoms in total. The Labute approximate surface area is 125 Å². The van der Waals surface area contributed by atoms with E-state index < -0.39 is 0 Å². The highest BCUT2D eigenvalue weighted by Gasteiger charge is 2.35. The zero-order valence-electron chi connectivity index (χ0n) is 11.5. The van der Waals surface area contributed by atoms with Gasteiger partial charge in [-0.3, -0.25) is 14.9 Å². The Morgan fingerprint density at radius 3 is 2.40 bits per heavy atom. The van der Waals surface area contributed by atoms with E-state index in [0.29, 0.717) is 11.5 Å². The highest BCUT2D eigenvalue weighted by atomic mass is 79.9. The summed E-state index contributed by atoms with van der Waals surface area (Å²) >= 11 is 3.48. The Bertz CT molecular complexity index is 558. The predicted molar refractivity (Wildman–Crippen MR) is 76.9 cm³/mol. The lowest BCUT2D eigenvalue weighted by molar-refractivity contribution is -0.136. The molecular weight excluding hydrogens is 326 g/mol. The van der Waals surface area contributed by atoms with Crippen molar-refractivity contribution < 1.29 is 19.1 Å². The molecule has 2 amide bonds. The van der Waals surface area contributed by atoms with Crippen molar-refractivity contribution in [2.45, 2.75) is 19.3 Å². The van der Waals surface area contributed by atoms with Crippen molar-refractivity contribution >= 4 is 27.7 Å². The zero-order valence-corrected chi connectivity index (χ0v) is 13.1. The third-order valence-electron chi connectivity index (χ3n) is 3.59. The van der Waals surface area contributed by atoms with Crippen LogP contribution in [0.1, 0.15) is 24.8 Å². The van der Waals surface area contributed by atoms with Gasteiger partial charge < -0.3 is 9.47 Å². The van der Waals surface area contributed by atoms with Crippen LogP contribution < -0.4 is 14.8 Å². The number of carbonyl (C=O) groups is 2. The van der Waals surface area contributed by atoms with Crippen molar-refractivity contribution in [1.82, 2.24) is 5.32 Å². The van der Waals surface area contributed by atoms with Crippen molar-refractivity contribution in [3.63, 3.8) is 0 Å². The molecule has 0 aromatic heterocycles. The van der Waals surface area contributed by atoms with Crippen molar-refractivity contribution in [3.05, 3.63) is 22.2 Å². The molecule has 0 spiro atoms. The van der Waals surface area contributed by atoms with Gasteiger partial charge >= 0.3 is 0 Å². The summed E-state index contributed by atoms with van der Waals surface area (Å²) in [4.78, 5) is 23.4. The van der Waals surface area contributed by atoms with E-state index in [4.69, 9.17) is 9.47 Å². The molecule has 1 heterocycles. The number of rotatable bonds is 3. The van der Waals surface area contributed by atoms with Crippen molar-refractivity contribution in [3.8, 4) is 11.5 Å². The molecule has 2 unspecified atom stereocenters. The van der Waals surface area contributed by atoms with Crippen molar-refractivity contribution in [1.29, 1.82) is 0 Å². The zero-order chi connectivity index (χ0) is 14.9. The van der Waals surface area contributed by atoms with Crippen LogP contribution in [0.3, 0.4) is 0 Å². The number of benzene rings is 1. The second-order valence-electron chi connectivity index (χ2n) is 4.74. The molecule has 0 aliphatic carbocycles. The van der Waals surface area contributed by atoms with Gasteiger partial charge in [0.25, 0.3) is 0 Å². The monoisotopic (exact) mass is 341 g/mol. The molecule has 1 N–H and O–H groups in total. The normalized spacial score (nSPS) is 22.4. The first kappa shape index (κ1) is 14.8. The highest BCUT2D eigenvalue weighted by Crippen LogP contribution is 2.41. The van der Waals surface area contributed by atoms with Gasteiger partial charge in [0, 0.05) is 22.7 Å². The molecule has 1 fully saturated rings. The number of halogens is 1. The minimum atomic E-state index is -0.276. The first-order chi connectivity index (χ1) is 9.47. The van der Waals surface area contributed by atoms with Gasteiger partial charge in [-0.1, -0.05) is 22.9 Å². The molecule has 1 saturated heterocycles. The summed E-state index contributed by atoms with van der Waals surface area (Å²) in [6.07, 6.45) is 0.279. The molecule has 108 valence electrons. The van der Waals surface area contributed by atoms with Crippen LogP contribution in [0.15, 0.2) is 16.6 Å². The average Bonchev–Trinajstić information content (AvgIpc) is 2.42. The summed E-state index contributed by atoms with van der Waals surface area (Å²) in [5.74, 6) is 0.235. The molecule has 2 atom stereocenters. The fourth-order valence-corrected chi connectivity index (χ4v) is 3.01. The molecule has 0 radical (unpaired) electrons. The second-order valence-corrected chi connectivity index (χ2v) is 5.59. The smallest absolute Gasteiger partial charge is 0.230 e. The van der Waals surface area contributed by atoms with Crippen LogP contribution in [0, 0.1) is 5.92 Å². The fraction of sp³-hybridized carbons (Fsp3) is 0.429. The minimum absolute atomic E-state index is 0.176. The van der Waals surface area contributed by atoms with Crippen molar-refractivity contribution in [2.75, 3.05) is 14.2 Å². The fourth-order valence-electron chi connectivity index (χ4n) is 2.39. The summed E-state index contributed by atoms with van der Waals surface area (Å²) in [5, 5.41) is 2.35. The lowest BCUT2D eigenvalue weighted by atomic mass is 9.81. The number of imide groups is 1. The number of hydrogen-bond acceptors (Lipinski definition) is 4. The minimum Gasteiger partial charge on any atom is -0.493 e. The first-order valence-corrected chi connectivity index (χ1v) is 7.02. The topological polar surface area (TPSA) is 64.6 Å². The molecular formula is C14H16BrNO4. The number of piperidine rings is 1. The summed E-state index contributed by atoms with van der Waals surface area (Å²) in [5.41, 5.74) is 0.873. The Hall–Kier alpha value is -1.56. The SMILES string of the molecule is COc1cc(Br)c(C2CC(=O)NC(=O)C2C)cc1OC. The van der Waals surface area contributed by atoms with Gasteiger partial charge in [-0.25, -0.2) is 0 Å². The van der Waals surface area contributed by atoms with Crippen LogP contribution in [0.5, 0.6) is 11.5 Å². The Balaban J connectivity index is 2.45. The van der Waals surface area contributed by atoms with Gasteiger partial charge in [-0.15, -0.1) is 0 Å². The van der Waals surface area contributed by atoms with E-state index in [1.165, 1.54) is 0 Å². The number of ether oxygens (including phenoxy) is 2. The Kier molecular flexibility index (Phi) is 4.32. The van der Waals surface area contributed by atoms with Crippen LogP contribution in [0.2, 0.25) is 0 Å². The van der Waals surface area contributed by atoms with Crippen LogP contribution in [-0.4, -0.2) is 26.0 Å². The molecule has 1 aliphatic heterocycles. The van der Waals surface area contributed by atoms with Crippen LogP contribution in [0.4, 0.5) is 0 Å². The van der Waals surface area contributed by atoms with Crippen molar-refractivity contribution in [2.24, 2.45) is 5.92 Å². The van der Waals surface area contributed by atoms with E-state index in [1.54, 1.807) is 20.3 Å². The molecule has 20 heavy (non-hydrogen) atoms. The van der Waals surface area contributed by atoms with E-state index in [2.05, 4.69) is 21.2 Å². The highest BCUT2D eigenvalue weighted by molar-refractivity contribution is 9.10. The predicted octanol–water partition coefficient (Wildman–Crippen LogP) is 2.23. The summed E-state index contributed by atoms with van der Waals surface area (Å²) in [6.45, 7) is 1.82. The maximum absolute atomic E-state index is 11.8. The van der Waals surface area contributed by atoms with Gasteiger partial charge in [0.15, 0.2) is 11.5 Å². The molecule has 0 saturated carbocycles. The number of hydrogen-bond donors (Lipinski definition) is 1. The third kappa shape index (κ3) is 2.65. The van der Waals surface area contributed by atoms with E-state index in [9.17, 15) is 9.59 Å². The van der Waals surface area contributed by atoms with Gasteiger partial charge in [0.2, 0.25) is 11.8 Å². The van der Waals surface area contributed by atoms with Crippen LogP contribution in [0.25, 0.3) is 0 Å². The van der Waals surface area contributed by atoms with Gasteiger partial charge in [0.1, 0.15) is 0 Å². The van der Waals surface area contributed by atoms with E-state index >= 15 is 0 Å². The second kappa shape index (κ2) is 5.83. The van der Waals surface area contributed by atoms with E-state index in [-0.39, 0.29) is 30.1 Å². The first-order valence-electron chi connectivity index (χ1n) is 6.23. The summed E-state index contributed by atoms with van der Waals surface area (Å²) in [7, 11) is 3.11. The van der Waals surface area contributed by atoms with Gasteiger partial charge in [-0.2, -0.15) is 0 Å². The maximum Gasteiger partial charge on any atom is 0.230 e. The number of methoxy groups -OCH3 is 2. The lowest BCUT2D eigenvalue weighted by Crippen LogP contribution is -2.43. The Morgan fingerprint density at radius 2 is 1.80 bits per heavy atom. The van der Waals surface area contributed by atoms with E-state index in [0.717, 1.165) is 10.0 Å². The molecule has 1 aliphatic rings. The molecule has 1 aromatic carbocycles. The third-order valence-corrected chi connectivity index (χ3v) is 4.27. The van der Waals surface area contributed by atoms with Gasteiger partial charge in [-0.05, 0) is 17.7 Å². The molecule has 0 bridgehead atoms. The molecule has 2 rings (SSSR count). The van der Waals surface area contributed by atoms with Crippen LogP contribution in [-0.2, 0) is 9.59 Å². The standard InChI is InChI=1S/C14H16BrNO4/c1-7-8(5-13(17)16-14(7)18)9-4-11(19-2)12(20-3)6-10(9)15/h4,6-8H,5H2,1-3H3,(H,16,17,18). The number of carbonyl (C=O) groups excluding carboxylic acids is 2. The largest absolute Gasteiger partial charge is 0.493 e. The Morgan fingerprint density at radius 1 is 1.20 bits per heavy atom.